The summed E-state index contributed by atoms with van der Waals surface area (Å²) in [5.74, 6) is -1.53. The van der Waals surface area contributed by atoms with Gasteiger partial charge in [-0.05, 0) is 42.8 Å². The zero-order chi connectivity index (χ0) is 19.9. The summed E-state index contributed by atoms with van der Waals surface area (Å²) in [5, 5.41) is 7.97. The van der Waals surface area contributed by atoms with E-state index >= 15 is 0 Å². The monoisotopic (exact) mass is 379 g/mol. The van der Waals surface area contributed by atoms with Crippen LogP contribution in [0.15, 0.2) is 66.9 Å². The second-order valence-corrected chi connectivity index (χ2v) is 6.11. The van der Waals surface area contributed by atoms with Gasteiger partial charge in [-0.2, -0.15) is 0 Å². The van der Waals surface area contributed by atoms with Gasteiger partial charge >= 0.3 is 5.97 Å². The number of carbonyl (C=O) groups is 2. The average molecular weight is 379 g/mol. The third-order valence-corrected chi connectivity index (χ3v) is 3.92. The Labute approximate surface area is 161 Å². The van der Waals surface area contributed by atoms with Gasteiger partial charge in [0.05, 0.1) is 12.7 Å². The number of carbonyl (C=O) groups excluding carboxylic acids is 2. The van der Waals surface area contributed by atoms with Crippen LogP contribution in [0.2, 0.25) is 0 Å². The lowest BCUT2D eigenvalue weighted by Gasteiger charge is -2.10. The zero-order valence-electron chi connectivity index (χ0n) is 15.2. The van der Waals surface area contributed by atoms with E-state index in [9.17, 15) is 14.0 Å². The number of esters is 1. The largest absolute Gasteiger partial charge is 0.451 e. The molecule has 0 bridgehead atoms. The van der Waals surface area contributed by atoms with E-state index in [0.29, 0.717) is 12.2 Å². The predicted octanol–water partition coefficient (Wildman–Crippen LogP) is 3.29. The van der Waals surface area contributed by atoms with Crippen LogP contribution in [0.3, 0.4) is 0 Å². The highest BCUT2D eigenvalue weighted by Gasteiger charge is 2.18. The molecule has 0 fully saturated rings. The molecule has 0 radical (unpaired) electrons. The topological polar surface area (TPSA) is 74.1 Å². The molecule has 0 amide bonds. The standard InChI is InChI=1S/C21H18FN3O3/c1-15(21(27)17-7-9-18(22)10-8-17)28-20(26)12-11-19-14-25(24-23-19)13-16-5-3-2-4-6-16/h2-12,14-15H,13H2,1H3/b12-11+/t15-/m0/s1. The molecule has 0 saturated heterocycles. The molecule has 0 N–H and O–H groups in total. The Hall–Kier alpha value is -3.61. The van der Waals surface area contributed by atoms with Gasteiger partial charge in [-0.1, -0.05) is 35.5 Å². The molecule has 28 heavy (non-hydrogen) atoms. The highest BCUT2D eigenvalue weighted by atomic mass is 19.1. The van der Waals surface area contributed by atoms with E-state index in [2.05, 4.69) is 10.3 Å². The molecule has 6 nitrogen and oxygen atoms in total. The molecule has 0 spiro atoms. The highest BCUT2D eigenvalue weighted by molar-refractivity contribution is 6.00. The fourth-order valence-electron chi connectivity index (χ4n) is 2.51. The van der Waals surface area contributed by atoms with Crippen LogP contribution in [0.25, 0.3) is 6.08 Å². The molecule has 1 atom stereocenters. The third-order valence-electron chi connectivity index (χ3n) is 3.92. The van der Waals surface area contributed by atoms with E-state index in [-0.39, 0.29) is 5.56 Å². The first-order valence-electron chi connectivity index (χ1n) is 8.64. The number of hydrogen-bond acceptors (Lipinski definition) is 5. The molecular weight excluding hydrogens is 361 g/mol. The van der Waals surface area contributed by atoms with Crippen molar-refractivity contribution in [1.29, 1.82) is 0 Å². The SMILES string of the molecule is C[C@H](OC(=O)/C=C/c1cn(Cc2ccccc2)nn1)C(=O)c1ccc(F)cc1. The van der Waals surface area contributed by atoms with Crippen molar-refractivity contribution < 1.29 is 18.7 Å². The third kappa shape index (κ3) is 5.20. The molecule has 0 aliphatic rings. The number of aromatic nitrogens is 3. The summed E-state index contributed by atoms with van der Waals surface area (Å²) in [6.07, 6.45) is 3.36. The number of rotatable bonds is 7. The zero-order valence-corrected chi connectivity index (χ0v) is 15.2. The molecule has 3 aromatic rings. The van der Waals surface area contributed by atoms with Gasteiger partial charge in [0.2, 0.25) is 5.78 Å². The predicted molar refractivity (Wildman–Crippen MR) is 101 cm³/mol. The number of hydrogen-bond donors (Lipinski definition) is 0. The molecule has 1 aromatic heterocycles. The van der Waals surface area contributed by atoms with Gasteiger partial charge in [0.1, 0.15) is 11.5 Å². The lowest BCUT2D eigenvalue weighted by Crippen LogP contribution is -2.23. The van der Waals surface area contributed by atoms with Gasteiger partial charge in [0.15, 0.2) is 6.10 Å². The summed E-state index contributed by atoms with van der Waals surface area (Å²) in [4.78, 5) is 24.1. The van der Waals surface area contributed by atoms with E-state index in [4.69, 9.17) is 4.74 Å². The molecule has 1 heterocycles. The van der Waals surface area contributed by atoms with Crippen LogP contribution >= 0.6 is 0 Å². The molecule has 3 rings (SSSR count). The van der Waals surface area contributed by atoms with Gasteiger partial charge < -0.3 is 4.74 Å². The van der Waals surface area contributed by atoms with E-state index in [1.807, 2.05) is 30.3 Å². The Balaban J connectivity index is 1.55. The van der Waals surface area contributed by atoms with Crippen LogP contribution in [-0.2, 0) is 16.1 Å². The first-order valence-corrected chi connectivity index (χ1v) is 8.64. The molecule has 0 saturated carbocycles. The minimum atomic E-state index is -0.989. The van der Waals surface area contributed by atoms with Crippen LogP contribution in [0.5, 0.6) is 0 Å². The Kier molecular flexibility index (Phi) is 6.06. The number of Topliss-reactive ketones (excluding diaryl/α,β-unsaturated/α-hetero) is 1. The molecule has 0 unspecified atom stereocenters. The first-order chi connectivity index (χ1) is 13.5. The number of ether oxygens (including phenoxy) is 1. The maximum atomic E-state index is 12.9. The quantitative estimate of drug-likeness (QED) is 0.358. The van der Waals surface area contributed by atoms with Crippen molar-refractivity contribution >= 4 is 17.8 Å². The van der Waals surface area contributed by atoms with Crippen molar-refractivity contribution in [2.24, 2.45) is 0 Å². The van der Waals surface area contributed by atoms with Gasteiger partial charge in [0.25, 0.3) is 0 Å². The summed E-state index contributed by atoms with van der Waals surface area (Å²) in [7, 11) is 0. The summed E-state index contributed by atoms with van der Waals surface area (Å²) >= 11 is 0. The normalized spacial score (nSPS) is 12.1. The van der Waals surface area contributed by atoms with Crippen LogP contribution in [0.4, 0.5) is 4.39 Å². The van der Waals surface area contributed by atoms with Crippen molar-refractivity contribution in [2.45, 2.75) is 19.6 Å². The maximum absolute atomic E-state index is 12.9. The molecule has 142 valence electrons. The van der Waals surface area contributed by atoms with E-state index in [1.54, 1.807) is 10.9 Å². The fourth-order valence-corrected chi connectivity index (χ4v) is 2.51. The average Bonchev–Trinajstić information content (AvgIpc) is 3.14. The van der Waals surface area contributed by atoms with E-state index in [1.165, 1.54) is 43.3 Å². The van der Waals surface area contributed by atoms with Gasteiger partial charge in [-0.3, -0.25) is 4.79 Å². The lowest BCUT2D eigenvalue weighted by atomic mass is 10.1. The Bertz CT molecular complexity index is 982. The Morgan fingerprint density at radius 3 is 2.57 bits per heavy atom. The molecule has 7 heteroatoms. The highest BCUT2D eigenvalue weighted by Crippen LogP contribution is 2.09. The van der Waals surface area contributed by atoms with E-state index in [0.717, 1.165) is 5.56 Å². The van der Waals surface area contributed by atoms with Crippen molar-refractivity contribution in [3.63, 3.8) is 0 Å². The van der Waals surface area contributed by atoms with Gasteiger partial charge in [-0.15, -0.1) is 5.10 Å². The maximum Gasteiger partial charge on any atom is 0.331 e. The smallest absolute Gasteiger partial charge is 0.331 e. The Morgan fingerprint density at radius 2 is 1.86 bits per heavy atom. The lowest BCUT2D eigenvalue weighted by molar-refractivity contribution is -0.140. The minimum Gasteiger partial charge on any atom is -0.451 e. The summed E-state index contributed by atoms with van der Waals surface area (Å²) in [6.45, 7) is 2.03. The molecular formula is C21H18FN3O3. The fraction of sp³-hybridized carbons (Fsp3) is 0.143. The van der Waals surface area contributed by atoms with Crippen molar-refractivity contribution in [3.05, 3.63) is 89.5 Å². The van der Waals surface area contributed by atoms with Crippen molar-refractivity contribution in [1.82, 2.24) is 15.0 Å². The minimum absolute atomic E-state index is 0.273. The molecule has 2 aromatic carbocycles. The van der Waals surface area contributed by atoms with Crippen molar-refractivity contribution in [2.75, 3.05) is 0 Å². The second-order valence-electron chi connectivity index (χ2n) is 6.11. The van der Waals surface area contributed by atoms with E-state index < -0.39 is 23.7 Å². The van der Waals surface area contributed by atoms with Crippen LogP contribution in [0.1, 0.15) is 28.5 Å². The summed E-state index contributed by atoms with van der Waals surface area (Å²) in [5.41, 5.74) is 1.84. The van der Waals surface area contributed by atoms with Gasteiger partial charge in [0, 0.05) is 11.6 Å². The first kappa shape index (κ1) is 19.2. The number of ketones is 1. The number of benzene rings is 2. The number of nitrogens with zero attached hydrogens (tertiary/aromatic N) is 3. The summed E-state index contributed by atoms with van der Waals surface area (Å²) < 4.78 is 19.7. The molecule has 0 aliphatic carbocycles. The number of halogens is 1. The summed E-state index contributed by atoms with van der Waals surface area (Å²) in [6, 6.07) is 14.8. The van der Waals surface area contributed by atoms with Crippen LogP contribution in [-0.4, -0.2) is 32.9 Å². The molecule has 0 aliphatic heterocycles. The Morgan fingerprint density at radius 1 is 1.14 bits per heavy atom. The second kappa shape index (κ2) is 8.85. The van der Waals surface area contributed by atoms with Crippen molar-refractivity contribution in [3.8, 4) is 0 Å². The van der Waals surface area contributed by atoms with Crippen LogP contribution in [0, 0.1) is 5.82 Å². The van der Waals surface area contributed by atoms with Gasteiger partial charge in [-0.25, -0.2) is 13.9 Å². The van der Waals surface area contributed by atoms with Crippen LogP contribution < -0.4 is 0 Å².